The monoisotopic (exact) mass is 209 g/mol. The van der Waals surface area contributed by atoms with Gasteiger partial charge in [0.05, 0.1) is 12.6 Å². The zero-order valence-corrected chi connectivity index (χ0v) is 8.56. The van der Waals surface area contributed by atoms with Crippen molar-refractivity contribution in [1.29, 1.82) is 0 Å². The molecule has 0 unspecified atom stereocenters. The number of aliphatic hydroxyl groups is 1. The molecule has 0 aromatic heterocycles. The number of hydrogen-bond donors (Lipinski definition) is 1. The molecule has 1 saturated heterocycles. The Hall–Kier alpha value is -1.29. The number of amides is 1. The summed E-state index contributed by atoms with van der Waals surface area (Å²) in [5.41, 5.74) is 1.42. The van der Waals surface area contributed by atoms with Crippen molar-refractivity contribution in [3.05, 3.63) is 23.8 Å². The molecule has 1 N–H and O–H groups in total. The second-order valence-electron chi connectivity index (χ2n) is 3.77. The molecule has 4 heteroatoms. The number of cyclic esters (lactones) is 1. The third-order valence-electron chi connectivity index (χ3n) is 2.59. The molecule has 1 heterocycles. The van der Waals surface area contributed by atoms with Crippen LogP contribution in [0.1, 0.15) is 12.8 Å². The molecule has 1 amide bonds. The summed E-state index contributed by atoms with van der Waals surface area (Å²) in [6, 6.07) is -0.0275. The van der Waals surface area contributed by atoms with Gasteiger partial charge >= 0.3 is 6.09 Å². The molecule has 0 radical (unpaired) electrons. The van der Waals surface area contributed by atoms with E-state index in [1.165, 1.54) is 18.4 Å². The lowest BCUT2D eigenvalue weighted by Crippen LogP contribution is -2.32. The van der Waals surface area contributed by atoms with E-state index in [1.807, 2.05) is 6.08 Å². The highest BCUT2D eigenvalue weighted by atomic mass is 16.6. The summed E-state index contributed by atoms with van der Waals surface area (Å²) in [4.78, 5) is 13.0. The number of carbonyl (C=O) groups is 1. The van der Waals surface area contributed by atoms with Gasteiger partial charge < -0.3 is 9.84 Å². The summed E-state index contributed by atoms with van der Waals surface area (Å²) < 4.78 is 4.95. The lowest BCUT2D eigenvalue weighted by Gasteiger charge is -2.16. The molecule has 4 nitrogen and oxygen atoms in total. The lowest BCUT2D eigenvalue weighted by molar-refractivity contribution is 0.160. The smallest absolute Gasteiger partial charge is 0.410 e. The van der Waals surface area contributed by atoms with Crippen molar-refractivity contribution in [2.24, 2.45) is 0 Å². The summed E-state index contributed by atoms with van der Waals surface area (Å²) in [6.45, 7) is 1.01. The normalized spacial score (nSPS) is 24.9. The fourth-order valence-electron chi connectivity index (χ4n) is 1.56. The average Bonchev–Trinajstić information content (AvgIpc) is 2.99. The Labute approximate surface area is 88.8 Å². The molecular weight excluding hydrogens is 194 g/mol. The van der Waals surface area contributed by atoms with Crippen LogP contribution < -0.4 is 0 Å². The van der Waals surface area contributed by atoms with Crippen LogP contribution in [0.3, 0.4) is 0 Å². The molecular formula is C11H15NO3. The summed E-state index contributed by atoms with van der Waals surface area (Å²) in [5.74, 6) is 0. The molecule has 0 bridgehead atoms. The molecule has 82 valence electrons. The van der Waals surface area contributed by atoms with Gasteiger partial charge in [0.2, 0.25) is 0 Å². The fraction of sp³-hybridized carbons (Fsp3) is 0.545. The average molecular weight is 209 g/mol. The Morgan fingerprint density at radius 1 is 1.53 bits per heavy atom. The SMILES string of the molecule is O=C1OC[C@H](/C=C/CO)N1CC=C1CC1. The van der Waals surface area contributed by atoms with E-state index in [1.54, 1.807) is 11.0 Å². The minimum atomic E-state index is -0.264. The van der Waals surface area contributed by atoms with Crippen molar-refractivity contribution in [1.82, 2.24) is 4.90 Å². The number of carbonyl (C=O) groups excluding carboxylic acids is 1. The second-order valence-corrected chi connectivity index (χ2v) is 3.77. The van der Waals surface area contributed by atoms with E-state index in [4.69, 9.17) is 9.84 Å². The Morgan fingerprint density at radius 2 is 2.33 bits per heavy atom. The highest BCUT2D eigenvalue weighted by Crippen LogP contribution is 2.27. The Morgan fingerprint density at radius 3 is 3.00 bits per heavy atom. The number of hydrogen-bond acceptors (Lipinski definition) is 3. The quantitative estimate of drug-likeness (QED) is 0.705. The summed E-state index contributed by atoms with van der Waals surface area (Å²) in [6.07, 6.45) is 7.62. The van der Waals surface area contributed by atoms with Crippen molar-refractivity contribution in [2.75, 3.05) is 19.8 Å². The van der Waals surface area contributed by atoms with Crippen LogP contribution in [0.25, 0.3) is 0 Å². The maximum atomic E-state index is 11.4. The van der Waals surface area contributed by atoms with E-state index in [9.17, 15) is 4.79 Å². The van der Waals surface area contributed by atoms with E-state index >= 15 is 0 Å². The first-order chi connectivity index (χ1) is 7.31. The van der Waals surface area contributed by atoms with Crippen LogP contribution in [-0.2, 0) is 4.74 Å². The molecule has 2 fully saturated rings. The standard InChI is InChI=1S/C11H15NO3/c13-7-1-2-10-8-15-11(14)12(10)6-5-9-3-4-9/h1-2,5,10,13H,3-4,6-8H2/b2-1+/t10-/m0/s1. The summed E-state index contributed by atoms with van der Waals surface area (Å²) in [7, 11) is 0. The maximum Gasteiger partial charge on any atom is 0.410 e. The largest absolute Gasteiger partial charge is 0.447 e. The molecule has 1 saturated carbocycles. The topological polar surface area (TPSA) is 49.8 Å². The third-order valence-corrected chi connectivity index (χ3v) is 2.59. The number of ether oxygens (including phenoxy) is 1. The summed E-state index contributed by atoms with van der Waals surface area (Å²) in [5, 5.41) is 8.66. The van der Waals surface area contributed by atoms with Gasteiger partial charge in [-0.2, -0.15) is 0 Å². The van der Waals surface area contributed by atoms with Gasteiger partial charge in [-0.05, 0) is 12.8 Å². The van der Waals surface area contributed by atoms with Crippen LogP contribution in [0.2, 0.25) is 0 Å². The van der Waals surface area contributed by atoms with Crippen LogP contribution in [0.15, 0.2) is 23.8 Å². The van der Waals surface area contributed by atoms with Crippen LogP contribution in [0, 0.1) is 0 Å². The Balaban J connectivity index is 1.94. The molecule has 1 atom stereocenters. The van der Waals surface area contributed by atoms with Gasteiger partial charge in [0.15, 0.2) is 0 Å². The first-order valence-corrected chi connectivity index (χ1v) is 5.20. The van der Waals surface area contributed by atoms with Crippen LogP contribution in [-0.4, -0.2) is 41.9 Å². The van der Waals surface area contributed by atoms with E-state index < -0.39 is 0 Å². The zero-order chi connectivity index (χ0) is 10.7. The first kappa shape index (κ1) is 10.2. The van der Waals surface area contributed by atoms with Crippen molar-refractivity contribution >= 4 is 6.09 Å². The zero-order valence-electron chi connectivity index (χ0n) is 8.56. The van der Waals surface area contributed by atoms with Gasteiger partial charge in [0, 0.05) is 6.54 Å². The van der Waals surface area contributed by atoms with Crippen molar-refractivity contribution in [3.63, 3.8) is 0 Å². The van der Waals surface area contributed by atoms with Crippen LogP contribution in [0.5, 0.6) is 0 Å². The molecule has 0 aromatic carbocycles. The molecule has 15 heavy (non-hydrogen) atoms. The minimum Gasteiger partial charge on any atom is -0.447 e. The molecule has 1 aliphatic heterocycles. The van der Waals surface area contributed by atoms with E-state index in [2.05, 4.69) is 6.08 Å². The second kappa shape index (κ2) is 4.49. The van der Waals surface area contributed by atoms with Crippen LogP contribution >= 0.6 is 0 Å². The van der Waals surface area contributed by atoms with Gasteiger partial charge in [-0.1, -0.05) is 23.8 Å². The maximum absolute atomic E-state index is 11.4. The van der Waals surface area contributed by atoms with Gasteiger partial charge in [-0.3, -0.25) is 4.90 Å². The third kappa shape index (κ3) is 2.59. The number of rotatable bonds is 4. The fourth-order valence-corrected chi connectivity index (χ4v) is 1.56. The van der Waals surface area contributed by atoms with Gasteiger partial charge in [-0.25, -0.2) is 4.79 Å². The highest BCUT2D eigenvalue weighted by Gasteiger charge is 2.30. The molecule has 0 aromatic rings. The van der Waals surface area contributed by atoms with Gasteiger partial charge in [0.25, 0.3) is 0 Å². The number of aliphatic hydroxyl groups excluding tert-OH is 1. The molecule has 1 aliphatic carbocycles. The van der Waals surface area contributed by atoms with Crippen LogP contribution in [0.4, 0.5) is 4.79 Å². The van der Waals surface area contributed by atoms with Crippen molar-refractivity contribution in [2.45, 2.75) is 18.9 Å². The lowest BCUT2D eigenvalue weighted by atomic mass is 10.2. The van der Waals surface area contributed by atoms with E-state index in [0.29, 0.717) is 13.2 Å². The van der Waals surface area contributed by atoms with Crippen molar-refractivity contribution in [3.8, 4) is 0 Å². The van der Waals surface area contributed by atoms with Gasteiger partial charge in [-0.15, -0.1) is 0 Å². The van der Waals surface area contributed by atoms with E-state index in [0.717, 1.165) is 0 Å². The first-order valence-electron chi connectivity index (χ1n) is 5.20. The summed E-state index contributed by atoms with van der Waals surface area (Å²) >= 11 is 0. The van der Waals surface area contributed by atoms with Crippen molar-refractivity contribution < 1.29 is 14.6 Å². The molecule has 2 aliphatic rings. The Bertz CT molecular complexity index is 303. The van der Waals surface area contributed by atoms with E-state index in [-0.39, 0.29) is 18.7 Å². The molecule has 2 rings (SSSR count). The predicted molar refractivity (Wildman–Crippen MR) is 55.4 cm³/mol. The molecule has 0 spiro atoms. The highest BCUT2D eigenvalue weighted by molar-refractivity contribution is 5.70. The Kier molecular flexibility index (Phi) is 3.06. The number of nitrogens with zero attached hydrogens (tertiary/aromatic N) is 1. The predicted octanol–water partition coefficient (Wildman–Crippen LogP) is 1.08. The van der Waals surface area contributed by atoms with Gasteiger partial charge in [0.1, 0.15) is 6.61 Å². The number of allylic oxidation sites excluding steroid dienone is 1. The minimum absolute atomic E-state index is 0.000377.